The number of benzene rings is 1. The van der Waals surface area contributed by atoms with Crippen molar-refractivity contribution in [1.29, 1.82) is 0 Å². The van der Waals surface area contributed by atoms with Crippen molar-refractivity contribution in [2.45, 2.75) is 19.5 Å². The Morgan fingerprint density at radius 2 is 2.05 bits per heavy atom. The first-order valence-electron chi connectivity index (χ1n) is 6.89. The van der Waals surface area contributed by atoms with Crippen LogP contribution in [0.25, 0.3) is 0 Å². The molecule has 0 spiro atoms. The second kappa shape index (κ2) is 7.12. The predicted molar refractivity (Wildman–Crippen MR) is 79.6 cm³/mol. The molecule has 2 rings (SSSR count). The molecule has 1 aromatic carbocycles. The van der Waals surface area contributed by atoms with Gasteiger partial charge in [-0.2, -0.15) is 0 Å². The average Bonchev–Trinajstić information content (AvgIpc) is 3.00. The molecule has 0 saturated heterocycles. The van der Waals surface area contributed by atoms with Gasteiger partial charge >= 0.3 is 0 Å². The summed E-state index contributed by atoms with van der Waals surface area (Å²) in [5.41, 5.74) is 7.12. The third kappa shape index (κ3) is 3.21. The fourth-order valence-electron chi connectivity index (χ4n) is 2.46. The van der Waals surface area contributed by atoms with Crippen LogP contribution in [-0.2, 0) is 6.54 Å². The van der Waals surface area contributed by atoms with Crippen LogP contribution in [0.3, 0.4) is 0 Å². The van der Waals surface area contributed by atoms with Gasteiger partial charge in [-0.15, -0.1) is 0 Å². The molecule has 0 aliphatic heterocycles. The van der Waals surface area contributed by atoms with Crippen LogP contribution in [-0.4, -0.2) is 25.1 Å². The largest absolute Gasteiger partial charge is 0.496 e. The minimum atomic E-state index is 0.112. The molecule has 20 heavy (non-hydrogen) atoms. The van der Waals surface area contributed by atoms with E-state index in [1.165, 1.54) is 0 Å². The topological polar surface area (TPSA) is 51.6 Å². The van der Waals surface area contributed by atoms with E-state index < -0.39 is 0 Å². The molecule has 4 heteroatoms. The molecule has 0 aliphatic rings. The van der Waals surface area contributed by atoms with Crippen molar-refractivity contribution in [3.8, 4) is 5.75 Å². The zero-order valence-electron chi connectivity index (χ0n) is 12.1. The molecule has 0 bridgehead atoms. The number of furan rings is 1. The van der Waals surface area contributed by atoms with Crippen molar-refractivity contribution in [2.24, 2.45) is 5.73 Å². The Kier molecular flexibility index (Phi) is 5.21. The summed E-state index contributed by atoms with van der Waals surface area (Å²) >= 11 is 0. The molecule has 1 atom stereocenters. The third-order valence-corrected chi connectivity index (χ3v) is 3.51. The Morgan fingerprint density at radius 1 is 1.25 bits per heavy atom. The SMILES string of the molecule is CCN(Cc1ccco1)C(CN)c1ccccc1OC. The van der Waals surface area contributed by atoms with E-state index in [4.69, 9.17) is 14.9 Å². The number of likely N-dealkylation sites (N-methyl/N-ethyl adjacent to an activating group) is 1. The maximum Gasteiger partial charge on any atom is 0.123 e. The van der Waals surface area contributed by atoms with Crippen LogP contribution in [0.15, 0.2) is 47.1 Å². The summed E-state index contributed by atoms with van der Waals surface area (Å²) in [6, 6.07) is 12.0. The highest BCUT2D eigenvalue weighted by molar-refractivity contribution is 5.36. The van der Waals surface area contributed by atoms with Gasteiger partial charge in [-0.25, -0.2) is 0 Å². The number of ether oxygens (including phenoxy) is 1. The number of hydrogen-bond donors (Lipinski definition) is 1. The Bertz CT molecular complexity index is 511. The van der Waals surface area contributed by atoms with Gasteiger partial charge in [0.1, 0.15) is 11.5 Å². The normalized spacial score (nSPS) is 12.6. The molecule has 4 nitrogen and oxygen atoms in total. The number of nitrogens with two attached hydrogens (primary N) is 1. The van der Waals surface area contributed by atoms with E-state index in [0.29, 0.717) is 6.54 Å². The highest BCUT2D eigenvalue weighted by Gasteiger charge is 2.21. The highest BCUT2D eigenvalue weighted by Crippen LogP contribution is 2.29. The molecule has 1 unspecified atom stereocenters. The molecule has 0 aliphatic carbocycles. The van der Waals surface area contributed by atoms with E-state index in [1.807, 2.05) is 30.3 Å². The van der Waals surface area contributed by atoms with Gasteiger partial charge in [0.05, 0.1) is 26.0 Å². The molecular formula is C16H22N2O2. The molecule has 0 amide bonds. The van der Waals surface area contributed by atoms with Crippen molar-refractivity contribution >= 4 is 0 Å². The lowest BCUT2D eigenvalue weighted by atomic mass is 10.0. The molecule has 0 radical (unpaired) electrons. The fourth-order valence-corrected chi connectivity index (χ4v) is 2.46. The van der Waals surface area contributed by atoms with E-state index >= 15 is 0 Å². The molecule has 2 aromatic rings. The van der Waals surface area contributed by atoms with Crippen LogP contribution in [0.4, 0.5) is 0 Å². The summed E-state index contributed by atoms with van der Waals surface area (Å²) < 4.78 is 10.9. The fraction of sp³-hybridized carbons (Fsp3) is 0.375. The van der Waals surface area contributed by atoms with Gasteiger partial charge in [-0.05, 0) is 24.7 Å². The van der Waals surface area contributed by atoms with Crippen LogP contribution in [0.2, 0.25) is 0 Å². The monoisotopic (exact) mass is 274 g/mol. The van der Waals surface area contributed by atoms with E-state index in [2.05, 4.69) is 17.9 Å². The molecule has 2 N–H and O–H groups in total. The Balaban J connectivity index is 2.24. The van der Waals surface area contributed by atoms with E-state index in [1.54, 1.807) is 13.4 Å². The molecular weight excluding hydrogens is 252 g/mol. The van der Waals surface area contributed by atoms with Crippen LogP contribution in [0.1, 0.15) is 24.3 Å². The summed E-state index contributed by atoms with van der Waals surface area (Å²) in [7, 11) is 1.69. The number of rotatable bonds is 7. The Hall–Kier alpha value is -1.78. The summed E-state index contributed by atoms with van der Waals surface area (Å²) in [4.78, 5) is 2.29. The standard InChI is InChI=1S/C16H22N2O2/c1-3-18(12-13-7-6-10-20-13)15(11-17)14-8-4-5-9-16(14)19-2/h4-10,15H,3,11-12,17H2,1-2H3. The summed E-state index contributed by atoms with van der Waals surface area (Å²) in [6.45, 7) is 4.29. The smallest absolute Gasteiger partial charge is 0.123 e. The molecule has 1 aromatic heterocycles. The maximum atomic E-state index is 6.01. The van der Waals surface area contributed by atoms with Crippen LogP contribution in [0, 0.1) is 0 Å². The lowest BCUT2D eigenvalue weighted by Crippen LogP contribution is -2.33. The van der Waals surface area contributed by atoms with E-state index in [9.17, 15) is 0 Å². The molecule has 1 heterocycles. The van der Waals surface area contributed by atoms with Crippen LogP contribution >= 0.6 is 0 Å². The van der Waals surface area contributed by atoms with Gasteiger partial charge in [0.2, 0.25) is 0 Å². The lowest BCUT2D eigenvalue weighted by molar-refractivity contribution is 0.184. The quantitative estimate of drug-likeness (QED) is 0.843. The van der Waals surface area contributed by atoms with Crippen molar-refractivity contribution in [1.82, 2.24) is 4.90 Å². The molecule has 108 valence electrons. The Morgan fingerprint density at radius 3 is 2.65 bits per heavy atom. The zero-order chi connectivity index (χ0) is 14.4. The van der Waals surface area contributed by atoms with Crippen LogP contribution in [0.5, 0.6) is 5.75 Å². The second-order valence-corrected chi connectivity index (χ2v) is 4.64. The lowest BCUT2D eigenvalue weighted by Gasteiger charge is -2.30. The Labute approximate surface area is 120 Å². The third-order valence-electron chi connectivity index (χ3n) is 3.51. The van der Waals surface area contributed by atoms with Gasteiger partial charge in [0.25, 0.3) is 0 Å². The average molecular weight is 274 g/mol. The number of hydrogen-bond acceptors (Lipinski definition) is 4. The van der Waals surface area contributed by atoms with E-state index in [0.717, 1.165) is 30.2 Å². The number of para-hydroxylation sites is 1. The summed E-state index contributed by atoms with van der Waals surface area (Å²) in [5.74, 6) is 1.82. The van der Waals surface area contributed by atoms with Crippen molar-refractivity contribution in [3.63, 3.8) is 0 Å². The predicted octanol–water partition coefficient (Wildman–Crippen LogP) is 2.81. The van der Waals surface area contributed by atoms with Gasteiger partial charge in [-0.3, -0.25) is 4.90 Å². The zero-order valence-corrected chi connectivity index (χ0v) is 12.1. The van der Waals surface area contributed by atoms with E-state index in [-0.39, 0.29) is 6.04 Å². The second-order valence-electron chi connectivity index (χ2n) is 4.64. The first kappa shape index (κ1) is 14.6. The van der Waals surface area contributed by atoms with Gasteiger partial charge in [0, 0.05) is 12.1 Å². The van der Waals surface area contributed by atoms with Crippen LogP contribution < -0.4 is 10.5 Å². The molecule has 0 fully saturated rings. The summed E-state index contributed by atoms with van der Waals surface area (Å²) in [5, 5.41) is 0. The van der Waals surface area contributed by atoms with Crippen molar-refractivity contribution in [2.75, 3.05) is 20.2 Å². The highest BCUT2D eigenvalue weighted by atomic mass is 16.5. The first-order valence-corrected chi connectivity index (χ1v) is 6.89. The van der Waals surface area contributed by atoms with Gasteiger partial charge in [0.15, 0.2) is 0 Å². The van der Waals surface area contributed by atoms with Gasteiger partial charge < -0.3 is 14.9 Å². The minimum absolute atomic E-state index is 0.112. The van der Waals surface area contributed by atoms with Crippen molar-refractivity contribution < 1.29 is 9.15 Å². The minimum Gasteiger partial charge on any atom is -0.496 e. The van der Waals surface area contributed by atoms with Crippen molar-refractivity contribution in [3.05, 3.63) is 54.0 Å². The number of nitrogens with zero attached hydrogens (tertiary/aromatic N) is 1. The van der Waals surface area contributed by atoms with Gasteiger partial charge in [-0.1, -0.05) is 25.1 Å². The number of methoxy groups -OCH3 is 1. The maximum absolute atomic E-state index is 6.01. The molecule has 0 saturated carbocycles. The summed E-state index contributed by atoms with van der Waals surface area (Å²) in [6.07, 6.45) is 1.70. The first-order chi connectivity index (χ1) is 9.80.